The van der Waals surface area contributed by atoms with Crippen LogP contribution in [0.5, 0.6) is 5.75 Å². The van der Waals surface area contributed by atoms with E-state index in [1.807, 2.05) is 19.1 Å². The van der Waals surface area contributed by atoms with Crippen molar-refractivity contribution in [3.05, 3.63) is 33.9 Å². The molecule has 1 aromatic rings. The van der Waals surface area contributed by atoms with Gasteiger partial charge in [0.05, 0.1) is 4.47 Å². The van der Waals surface area contributed by atoms with Crippen LogP contribution >= 0.6 is 28.1 Å². The summed E-state index contributed by atoms with van der Waals surface area (Å²) in [6, 6.07) is 5.51. The third-order valence-electron chi connectivity index (χ3n) is 2.99. The summed E-state index contributed by atoms with van der Waals surface area (Å²) in [5.74, 6) is 2.97. The molecule has 0 aliphatic carbocycles. The van der Waals surface area contributed by atoms with E-state index in [2.05, 4.69) is 27.2 Å². The molecule has 114 valence electrons. The zero-order valence-corrected chi connectivity index (χ0v) is 14.5. The lowest BCUT2D eigenvalue weighted by atomic mass is 10.2. The number of amides is 1. The SMILES string of the molecule is C#CCOc1ccc(/C=C2\NC(=S)N(CCC)C2=O)cc1Br. The molecule has 0 spiro atoms. The van der Waals surface area contributed by atoms with Crippen LogP contribution in [0.25, 0.3) is 6.08 Å². The summed E-state index contributed by atoms with van der Waals surface area (Å²) in [4.78, 5) is 13.8. The second-order valence-electron chi connectivity index (χ2n) is 4.63. The molecule has 0 aromatic heterocycles. The molecule has 1 aromatic carbocycles. The molecular weight excluding hydrogens is 364 g/mol. The van der Waals surface area contributed by atoms with E-state index in [4.69, 9.17) is 23.4 Å². The van der Waals surface area contributed by atoms with Gasteiger partial charge >= 0.3 is 0 Å². The molecule has 1 heterocycles. The molecule has 2 rings (SSSR count). The highest BCUT2D eigenvalue weighted by molar-refractivity contribution is 9.10. The van der Waals surface area contributed by atoms with Crippen LogP contribution in [0, 0.1) is 12.3 Å². The van der Waals surface area contributed by atoms with Gasteiger partial charge in [0.1, 0.15) is 18.1 Å². The quantitative estimate of drug-likeness (QED) is 0.485. The lowest BCUT2D eigenvalue weighted by Gasteiger charge is -2.11. The summed E-state index contributed by atoms with van der Waals surface area (Å²) in [6.45, 7) is 2.83. The predicted molar refractivity (Wildman–Crippen MR) is 94.2 cm³/mol. The molecule has 1 amide bonds. The Morgan fingerprint density at radius 2 is 2.32 bits per heavy atom. The van der Waals surface area contributed by atoms with Gasteiger partial charge in [0.15, 0.2) is 5.11 Å². The van der Waals surface area contributed by atoms with Gasteiger partial charge in [-0.1, -0.05) is 18.9 Å². The molecule has 1 aliphatic rings. The summed E-state index contributed by atoms with van der Waals surface area (Å²) in [7, 11) is 0. The summed E-state index contributed by atoms with van der Waals surface area (Å²) in [5.41, 5.74) is 1.33. The molecule has 1 saturated heterocycles. The Hall–Kier alpha value is -1.84. The van der Waals surface area contributed by atoms with Crippen LogP contribution in [0.3, 0.4) is 0 Å². The van der Waals surface area contributed by atoms with Gasteiger partial charge < -0.3 is 10.1 Å². The van der Waals surface area contributed by atoms with Crippen molar-refractivity contribution < 1.29 is 9.53 Å². The van der Waals surface area contributed by atoms with Crippen molar-refractivity contribution in [3.63, 3.8) is 0 Å². The Balaban J connectivity index is 2.20. The number of ether oxygens (including phenoxy) is 1. The smallest absolute Gasteiger partial charge is 0.276 e. The van der Waals surface area contributed by atoms with E-state index < -0.39 is 0 Å². The van der Waals surface area contributed by atoms with E-state index >= 15 is 0 Å². The maximum absolute atomic E-state index is 12.3. The van der Waals surface area contributed by atoms with E-state index in [1.54, 1.807) is 17.0 Å². The third-order valence-corrected chi connectivity index (χ3v) is 3.93. The number of carbonyl (C=O) groups is 1. The number of hydrogen-bond acceptors (Lipinski definition) is 3. The fourth-order valence-corrected chi connectivity index (χ4v) is 2.80. The van der Waals surface area contributed by atoms with Crippen molar-refractivity contribution in [2.24, 2.45) is 0 Å². The van der Waals surface area contributed by atoms with Gasteiger partial charge in [0.2, 0.25) is 0 Å². The average Bonchev–Trinajstić information content (AvgIpc) is 2.74. The summed E-state index contributed by atoms with van der Waals surface area (Å²) < 4.78 is 6.16. The lowest BCUT2D eigenvalue weighted by Crippen LogP contribution is -2.31. The molecule has 22 heavy (non-hydrogen) atoms. The number of rotatable bonds is 5. The van der Waals surface area contributed by atoms with Crippen LogP contribution < -0.4 is 10.1 Å². The molecule has 0 unspecified atom stereocenters. The first-order valence-electron chi connectivity index (χ1n) is 6.77. The second-order valence-corrected chi connectivity index (χ2v) is 5.87. The number of benzene rings is 1. The molecule has 4 nitrogen and oxygen atoms in total. The Kier molecular flexibility index (Phi) is 5.58. The van der Waals surface area contributed by atoms with Gasteiger partial charge in [-0.05, 0) is 58.3 Å². The third kappa shape index (κ3) is 3.67. The Labute approximate surface area is 143 Å². The van der Waals surface area contributed by atoms with Crippen molar-refractivity contribution >= 4 is 45.2 Å². The van der Waals surface area contributed by atoms with E-state index in [1.165, 1.54) is 0 Å². The maximum Gasteiger partial charge on any atom is 0.276 e. The Bertz CT molecular complexity index is 679. The van der Waals surface area contributed by atoms with Crippen LogP contribution in [0.15, 0.2) is 28.4 Å². The molecule has 0 saturated carbocycles. The minimum Gasteiger partial charge on any atom is -0.480 e. The highest BCUT2D eigenvalue weighted by Crippen LogP contribution is 2.27. The van der Waals surface area contributed by atoms with Crippen molar-refractivity contribution in [2.75, 3.05) is 13.2 Å². The van der Waals surface area contributed by atoms with Crippen LogP contribution in [0.2, 0.25) is 0 Å². The van der Waals surface area contributed by atoms with E-state index in [9.17, 15) is 4.79 Å². The molecule has 1 aliphatic heterocycles. The molecule has 0 atom stereocenters. The maximum atomic E-state index is 12.3. The van der Waals surface area contributed by atoms with Gasteiger partial charge in [-0.2, -0.15) is 0 Å². The molecule has 6 heteroatoms. The zero-order chi connectivity index (χ0) is 16.1. The number of hydrogen-bond donors (Lipinski definition) is 1. The topological polar surface area (TPSA) is 41.6 Å². The zero-order valence-electron chi connectivity index (χ0n) is 12.1. The first-order valence-corrected chi connectivity index (χ1v) is 7.97. The number of nitrogens with zero attached hydrogens (tertiary/aromatic N) is 1. The highest BCUT2D eigenvalue weighted by atomic mass is 79.9. The molecule has 0 radical (unpaired) electrons. The van der Waals surface area contributed by atoms with Gasteiger partial charge in [-0.3, -0.25) is 9.69 Å². The van der Waals surface area contributed by atoms with Crippen molar-refractivity contribution in [2.45, 2.75) is 13.3 Å². The predicted octanol–water partition coefficient (Wildman–Crippen LogP) is 2.93. The van der Waals surface area contributed by atoms with Gasteiger partial charge in [0.25, 0.3) is 5.91 Å². The number of terminal acetylenes is 1. The van der Waals surface area contributed by atoms with Crippen LogP contribution in [0.1, 0.15) is 18.9 Å². The van der Waals surface area contributed by atoms with E-state index in [0.29, 0.717) is 23.1 Å². The van der Waals surface area contributed by atoms with Gasteiger partial charge in [-0.25, -0.2) is 0 Å². The number of thiocarbonyl (C=S) groups is 1. The van der Waals surface area contributed by atoms with E-state index in [-0.39, 0.29) is 12.5 Å². The fraction of sp³-hybridized carbons (Fsp3) is 0.250. The second kappa shape index (κ2) is 7.43. The molecule has 0 bridgehead atoms. The normalized spacial score (nSPS) is 15.9. The van der Waals surface area contributed by atoms with Crippen molar-refractivity contribution in [1.82, 2.24) is 10.2 Å². The van der Waals surface area contributed by atoms with Crippen molar-refractivity contribution in [1.29, 1.82) is 0 Å². The summed E-state index contributed by atoms with van der Waals surface area (Å²) >= 11 is 8.60. The number of nitrogens with one attached hydrogen (secondary N) is 1. The largest absolute Gasteiger partial charge is 0.480 e. The molecule has 1 N–H and O–H groups in total. The van der Waals surface area contributed by atoms with Crippen LogP contribution in [-0.4, -0.2) is 29.1 Å². The van der Waals surface area contributed by atoms with Crippen LogP contribution in [0.4, 0.5) is 0 Å². The Morgan fingerprint density at radius 3 is 2.95 bits per heavy atom. The summed E-state index contributed by atoms with van der Waals surface area (Å²) in [6.07, 6.45) is 7.79. The number of halogens is 1. The van der Waals surface area contributed by atoms with Gasteiger partial charge in [0, 0.05) is 6.54 Å². The average molecular weight is 379 g/mol. The monoisotopic (exact) mass is 378 g/mol. The Morgan fingerprint density at radius 1 is 1.55 bits per heavy atom. The fourth-order valence-electron chi connectivity index (χ4n) is 2.01. The minimum atomic E-state index is -0.101. The van der Waals surface area contributed by atoms with Crippen molar-refractivity contribution in [3.8, 4) is 18.1 Å². The highest BCUT2D eigenvalue weighted by Gasteiger charge is 2.29. The minimum absolute atomic E-state index is 0.101. The molecular formula is C16H15BrN2O2S. The summed E-state index contributed by atoms with van der Waals surface area (Å²) in [5, 5.41) is 3.40. The van der Waals surface area contributed by atoms with Gasteiger partial charge in [-0.15, -0.1) is 6.42 Å². The standard InChI is InChI=1S/C16H15BrN2O2S/c1-3-7-19-15(20)13(18-16(19)22)10-11-5-6-14(12(17)9-11)21-8-4-2/h2,5-6,9-10H,3,7-8H2,1H3,(H,18,22)/b13-10-. The first kappa shape index (κ1) is 16.5. The lowest BCUT2D eigenvalue weighted by molar-refractivity contribution is -0.122. The van der Waals surface area contributed by atoms with E-state index in [0.717, 1.165) is 16.5 Å². The number of carbonyl (C=O) groups excluding carboxylic acids is 1. The molecule has 1 fully saturated rings. The first-order chi connectivity index (χ1) is 10.6. The van der Waals surface area contributed by atoms with Crippen LogP contribution in [-0.2, 0) is 4.79 Å².